The Balaban J connectivity index is 2.21. The molecule has 1 aliphatic heterocycles. The number of rotatable bonds is 2. The van der Waals surface area contributed by atoms with Crippen molar-refractivity contribution in [2.24, 2.45) is 11.7 Å². The van der Waals surface area contributed by atoms with Gasteiger partial charge in [-0.3, -0.25) is 9.69 Å². The van der Waals surface area contributed by atoms with Crippen LogP contribution in [0.3, 0.4) is 0 Å². The lowest BCUT2D eigenvalue weighted by Gasteiger charge is -2.15. The average Bonchev–Trinajstić information content (AvgIpc) is 2.60. The van der Waals surface area contributed by atoms with E-state index in [9.17, 15) is 4.79 Å². The largest absolute Gasteiger partial charge is 0.384 e. The summed E-state index contributed by atoms with van der Waals surface area (Å²) >= 11 is 0. The third-order valence-electron chi connectivity index (χ3n) is 2.57. The fourth-order valence-electron chi connectivity index (χ4n) is 1.75. The number of aromatic nitrogens is 1. The molecule has 4 N–H and O–H groups in total. The molecule has 1 aromatic heterocycles. The van der Waals surface area contributed by atoms with Gasteiger partial charge in [-0.25, -0.2) is 4.98 Å². The number of hydrogen-bond donors (Lipinski definition) is 2. The number of hydrogen-bond acceptors (Lipinski definition) is 4. The van der Waals surface area contributed by atoms with E-state index in [1.807, 2.05) is 0 Å². The molecule has 1 saturated heterocycles. The van der Waals surface area contributed by atoms with Crippen molar-refractivity contribution in [1.29, 1.82) is 0 Å². The van der Waals surface area contributed by atoms with Crippen LogP contribution in [0.5, 0.6) is 0 Å². The molecule has 0 saturated carbocycles. The molecule has 1 aromatic rings. The number of nitrogens with two attached hydrogens (primary N) is 2. The minimum Gasteiger partial charge on any atom is -0.384 e. The van der Waals surface area contributed by atoms with Gasteiger partial charge in [0.1, 0.15) is 11.6 Å². The van der Waals surface area contributed by atoms with Gasteiger partial charge in [0.15, 0.2) is 0 Å². The molecule has 1 unspecified atom stereocenters. The van der Waals surface area contributed by atoms with E-state index >= 15 is 0 Å². The third kappa shape index (κ3) is 1.92. The zero-order chi connectivity index (χ0) is 10.8. The third-order valence-corrected chi connectivity index (χ3v) is 2.57. The highest BCUT2D eigenvalue weighted by atomic mass is 16.2. The van der Waals surface area contributed by atoms with E-state index in [1.54, 1.807) is 23.1 Å². The summed E-state index contributed by atoms with van der Waals surface area (Å²) in [6.45, 7) is 1.18. The van der Waals surface area contributed by atoms with Gasteiger partial charge in [-0.15, -0.1) is 0 Å². The minimum absolute atomic E-state index is 0.0727. The molecule has 2 rings (SSSR count). The molecule has 1 aliphatic rings. The van der Waals surface area contributed by atoms with Crippen molar-refractivity contribution in [3.05, 3.63) is 18.2 Å². The normalized spacial score (nSPS) is 21.0. The molecule has 1 atom stereocenters. The highest BCUT2D eigenvalue weighted by Crippen LogP contribution is 2.23. The summed E-state index contributed by atoms with van der Waals surface area (Å²) in [4.78, 5) is 17.4. The van der Waals surface area contributed by atoms with Crippen molar-refractivity contribution in [2.45, 2.75) is 6.42 Å². The Hall–Kier alpha value is -1.62. The Labute approximate surface area is 88.1 Å². The predicted octanol–water partition coefficient (Wildman–Crippen LogP) is -0.0246. The maximum atomic E-state index is 11.6. The highest BCUT2D eigenvalue weighted by molar-refractivity contribution is 5.94. The van der Waals surface area contributed by atoms with Crippen LogP contribution in [0.15, 0.2) is 18.2 Å². The maximum Gasteiger partial charge on any atom is 0.228 e. The van der Waals surface area contributed by atoms with E-state index in [4.69, 9.17) is 11.5 Å². The molecule has 5 nitrogen and oxygen atoms in total. The number of anilines is 2. The van der Waals surface area contributed by atoms with Crippen molar-refractivity contribution in [1.82, 2.24) is 4.98 Å². The first-order valence-corrected chi connectivity index (χ1v) is 4.93. The number of pyridine rings is 1. The highest BCUT2D eigenvalue weighted by Gasteiger charge is 2.30. The lowest BCUT2D eigenvalue weighted by atomic mass is 10.1. The van der Waals surface area contributed by atoms with Crippen LogP contribution >= 0.6 is 0 Å². The Morgan fingerprint density at radius 2 is 2.33 bits per heavy atom. The molecule has 1 amide bonds. The topological polar surface area (TPSA) is 85.2 Å². The molecule has 5 heteroatoms. The first-order chi connectivity index (χ1) is 7.20. The molecule has 80 valence electrons. The van der Waals surface area contributed by atoms with Gasteiger partial charge in [-0.05, 0) is 24.6 Å². The average molecular weight is 206 g/mol. The molecule has 0 aliphatic carbocycles. The van der Waals surface area contributed by atoms with E-state index in [1.165, 1.54) is 0 Å². The number of nitrogen functional groups attached to an aromatic ring is 1. The summed E-state index contributed by atoms with van der Waals surface area (Å²) in [7, 11) is 0. The van der Waals surface area contributed by atoms with Gasteiger partial charge in [-0.2, -0.15) is 0 Å². The van der Waals surface area contributed by atoms with Crippen molar-refractivity contribution in [3.63, 3.8) is 0 Å². The molecule has 0 radical (unpaired) electrons. The second kappa shape index (κ2) is 3.86. The van der Waals surface area contributed by atoms with Crippen molar-refractivity contribution < 1.29 is 4.79 Å². The quantitative estimate of drug-likeness (QED) is 0.711. The predicted molar refractivity (Wildman–Crippen MR) is 58.2 cm³/mol. The second-order valence-corrected chi connectivity index (χ2v) is 3.73. The van der Waals surface area contributed by atoms with E-state index in [2.05, 4.69) is 4.98 Å². The first kappa shape index (κ1) is 9.92. The Kier molecular flexibility index (Phi) is 2.55. The number of amides is 1. The van der Waals surface area contributed by atoms with Crippen LogP contribution in [-0.4, -0.2) is 24.0 Å². The van der Waals surface area contributed by atoms with Crippen LogP contribution in [0, 0.1) is 5.92 Å². The van der Waals surface area contributed by atoms with Crippen molar-refractivity contribution >= 4 is 17.5 Å². The summed E-state index contributed by atoms with van der Waals surface area (Å²) < 4.78 is 0. The standard InChI is InChI=1S/C10H14N4O/c11-5-7-4-10(15)14(6-7)9-3-1-2-8(12)13-9/h1-3,7H,4-6,11H2,(H2,12,13). The molecular formula is C10H14N4O. The fraction of sp³-hybridized carbons (Fsp3) is 0.400. The summed E-state index contributed by atoms with van der Waals surface area (Å²) in [5.74, 6) is 1.36. The minimum atomic E-state index is 0.0727. The van der Waals surface area contributed by atoms with E-state index in [-0.39, 0.29) is 11.8 Å². The van der Waals surface area contributed by atoms with Gasteiger partial charge in [0.2, 0.25) is 5.91 Å². The molecule has 2 heterocycles. The molecule has 1 fully saturated rings. The number of carbonyl (C=O) groups is 1. The van der Waals surface area contributed by atoms with Gasteiger partial charge < -0.3 is 11.5 Å². The molecule has 0 bridgehead atoms. The second-order valence-electron chi connectivity index (χ2n) is 3.73. The zero-order valence-electron chi connectivity index (χ0n) is 8.39. The van der Waals surface area contributed by atoms with Gasteiger partial charge in [-0.1, -0.05) is 6.07 Å². The Morgan fingerprint density at radius 3 is 2.93 bits per heavy atom. The fourth-order valence-corrected chi connectivity index (χ4v) is 1.75. The number of nitrogens with zero attached hydrogens (tertiary/aromatic N) is 2. The summed E-state index contributed by atoms with van der Waals surface area (Å²) in [5.41, 5.74) is 11.1. The first-order valence-electron chi connectivity index (χ1n) is 4.93. The Morgan fingerprint density at radius 1 is 1.53 bits per heavy atom. The smallest absolute Gasteiger partial charge is 0.228 e. The van der Waals surface area contributed by atoms with E-state index < -0.39 is 0 Å². The van der Waals surface area contributed by atoms with Crippen LogP contribution in [0.4, 0.5) is 11.6 Å². The van der Waals surface area contributed by atoms with Crippen molar-refractivity contribution in [3.8, 4) is 0 Å². The van der Waals surface area contributed by atoms with Gasteiger partial charge in [0, 0.05) is 13.0 Å². The lowest BCUT2D eigenvalue weighted by molar-refractivity contribution is -0.117. The molecule has 0 spiro atoms. The Bertz CT molecular complexity index is 379. The SMILES string of the molecule is NCC1CC(=O)N(c2cccc(N)n2)C1. The lowest BCUT2D eigenvalue weighted by Crippen LogP contribution is -2.26. The van der Waals surface area contributed by atoms with E-state index in [0.717, 1.165) is 0 Å². The van der Waals surface area contributed by atoms with Crippen LogP contribution < -0.4 is 16.4 Å². The van der Waals surface area contributed by atoms with Gasteiger partial charge in [0.25, 0.3) is 0 Å². The maximum absolute atomic E-state index is 11.6. The molecule has 0 aromatic carbocycles. The van der Waals surface area contributed by atoms with Gasteiger partial charge in [0.05, 0.1) is 0 Å². The van der Waals surface area contributed by atoms with E-state index in [0.29, 0.717) is 31.1 Å². The molecular weight excluding hydrogens is 192 g/mol. The summed E-state index contributed by atoms with van der Waals surface area (Å²) in [6.07, 6.45) is 0.507. The van der Waals surface area contributed by atoms with Crippen LogP contribution in [-0.2, 0) is 4.79 Å². The summed E-state index contributed by atoms with van der Waals surface area (Å²) in [5, 5.41) is 0. The van der Waals surface area contributed by atoms with Crippen LogP contribution in [0.25, 0.3) is 0 Å². The summed E-state index contributed by atoms with van der Waals surface area (Å²) in [6, 6.07) is 5.28. The number of carbonyl (C=O) groups excluding carboxylic acids is 1. The van der Waals surface area contributed by atoms with Crippen LogP contribution in [0.1, 0.15) is 6.42 Å². The van der Waals surface area contributed by atoms with Gasteiger partial charge >= 0.3 is 0 Å². The van der Waals surface area contributed by atoms with Crippen molar-refractivity contribution in [2.75, 3.05) is 23.7 Å². The zero-order valence-corrected chi connectivity index (χ0v) is 8.39. The molecule has 15 heavy (non-hydrogen) atoms. The van der Waals surface area contributed by atoms with Crippen LogP contribution in [0.2, 0.25) is 0 Å². The monoisotopic (exact) mass is 206 g/mol.